The largest absolute Gasteiger partial charge is 0.351 e. The average Bonchev–Trinajstić information content (AvgIpc) is 2.98. The molecule has 0 radical (unpaired) electrons. The minimum Gasteiger partial charge on any atom is -0.351 e. The second-order valence-corrected chi connectivity index (χ2v) is 5.27. The SMILES string of the molecule is ClCCN(c1ncc(Br)cc1Cl)C1CC1. The Balaban J connectivity index is 2.24. The molecule has 1 heterocycles. The summed E-state index contributed by atoms with van der Waals surface area (Å²) in [5, 5.41) is 0.682. The Labute approximate surface area is 108 Å². The summed E-state index contributed by atoms with van der Waals surface area (Å²) in [6.07, 6.45) is 4.20. The first-order chi connectivity index (χ1) is 7.22. The van der Waals surface area contributed by atoms with Crippen molar-refractivity contribution in [1.29, 1.82) is 0 Å². The molecule has 2 nitrogen and oxygen atoms in total. The van der Waals surface area contributed by atoms with Gasteiger partial charge in [-0.3, -0.25) is 0 Å². The second-order valence-electron chi connectivity index (χ2n) is 3.57. The molecule has 0 unspecified atom stereocenters. The van der Waals surface area contributed by atoms with Gasteiger partial charge in [0.25, 0.3) is 0 Å². The van der Waals surface area contributed by atoms with Crippen molar-refractivity contribution in [3.05, 3.63) is 21.8 Å². The summed E-state index contributed by atoms with van der Waals surface area (Å²) in [6.45, 7) is 0.806. The van der Waals surface area contributed by atoms with Crippen molar-refractivity contribution >= 4 is 44.9 Å². The van der Waals surface area contributed by atoms with E-state index in [1.165, 1.54) is 12.8 Å². The molecule has 0 saturated heterocycles. The van der Waals surface area contributed by atoms with Gasteiger partial charge in [-0.25, -0.2) is 4.98 Å². The van der Waals surface area contributed by atoms with Crippen LogP contribution in [0.3, 0.4) is 0 Å². The van der Waals surface area contributed by atoms with Crippen molar-refractivity contribution in [2.75, 3.05) is 17.3 Å². The van der Waals surface area contributed by atoms with E-state index < -0.39 is 0 Å². The van der Waals surface area contributed by atoms with Gasteiger partial charge in [0.05, 0.1) is 5.02 Å². The molecular formula is C10H11BrCl2N2. The number of anilines is 1. The van der Waals surface area contributed by atoms with E-state index in [2.05, 4.69) is 25.8 Å². The summed E-state index contributed by atoms with van der Waals surface area (Å²) >= 11 is 15.3. The molecule has 0 N–H and O–H groups in total. The molecule has 0 atom stereocenters. The zero-order chi connectivity index (χ0) is 10.8. The van der Waals surface area contributed by atoms with Crippen molar-refractivity contribution in [2.45, 2.75) is 18.9 Å². The smallest absolute Gasteiger partial charge is 0.147 e. The van der Waals surface area contributed by atoms with Crippen LogP contribution in [0.1, 0.15) is 12.8 Å². The standard InChI is InChI=1S/C10H11BrCl2N2/c11-7-5-9(13)10(14-6-7)15(4-3-12)8-1-2-8/h5-6,8H,1-4H2. The van der Waals surface area contributed by atoms with Crippen molar-refractivity contribution in [3.8, 4) is 0 Å². The third kappa shape index (κ3) is 2.77. The number of alkyl halides is 1. The highest BCUT2D eigenvalue weighted by molar-refractivity contribution is 9.10. The predicted octanol–water partition coefficient (Wildman–Crippen LogP) is 3.71. The molecule has 5 heteroatoms. The summed E-state index contributed by atoms with van der Waals surface area (Å²) in [5.74, 6) is 1.45. The first-order valence-electron chi connectivity index (χ1n) is 4.86. The van der Waals surface area contributed by atoms with Crippen LogP contribution in [-0.2, 0) is 0 Å². The molecule has 0 spiro atoms. The normalized spacial score (nSPS) is 15.4. The molecular weight excluding hydrogens is 299 g/mol. The van der Waals surface area contributed by atoms with Crippen molar-refractivity contribution in [1.82, 2.24) is 4.98 Å². The number of aromatic nitrogens is 1. The molecule has 0 amide bonds. The summed E-state index contributed by atoms with van der Waals surface area (Å²) in [5.41, 5.74) is 0. The van der Waals surface area contributed by atoms with E-state index in [1.54, 1.807) is 6.20 Å². The quantitative estimate of drug-likeness (QED) is 0.788. The van der Waals surface area contributed by atoms with Crippen LogP contribution in [0.5, 0.6) is 0 Å². The Kier molecular flexibility index (Phi) is 3.75. The van der Waals surface area contributed by atoms with Gasteiger partial charge in [0.15, 0.2) is 0 Å². The number of rotatable bonds is 4. The fourth-order valence-electron chi connectivity index (χ4n) is 1.56. The Morgan fingerprint density at radius 3 is 2.80 bits per heavy atom. The molecule has 1 aliphatic carbocycles. The summed E-state index contributed by atoms with van der Waals surface area (Å²) < 4.78 is 0.901. The van der Waals surface area contributed by atoms with E-state index in [4.69, 9.17) is 23.2 Å². The fraction of sp³-hybridized carbons (Fsp3) is 0.500. The van der Waals surface area contributed by atoms with Gasteiger partial charge >= 0.3 is 0 Å². The highest BCUT2D eigenvalue weighted by Crippen LogP contribution is 2.34. The van der Waals surface area contributed by atoms with E-state index in [0.29, 0.717) is 16.9 Å². The second kappa shape index (κ2) is 4.89. The topological polar surface area (TPSA) is 16.1 Å². The van der Waals surface area contributed by atoms with E-state index >= 15 is 0 Å². The molecule has 2 rings (SSSR count). The summed E-state index contributed by atoms with van der Waals surface area (Å²) in [6, 6.07) is 2.45. The molecule has 1 aliphatic rings. The zero-order valence-corrected chi connectivity index (χ0v) is 11.2. The molecule has 0 aliphatic heterocycles. The van der Waals surface area contributed by atoms with Crippen LogP contribution in [0.15, 0.2) is 16.7 Å². The van der Waals surface area contributed by atoms with Gasteiger partial charge in [0, 0.05) is 29.1 Å². The lowest BCUT2D eigenvalue weighted by Gasteiger charge is -2.23. The van der Waals surface area contributed by atoms with Crippen LogP contribution in [-0.4, -0.2) is 23.5 Å². The molecule has 1 aromatic heterocycles. The van der Waals surface area contributed by atoms with Gasteiger partial charge in [-0.2, -0.15) is 0 Å². The lowest BCUT2D eigenvalue weighted by atomic mass is 10.4. The molecule has 0 aromatic carbocycles. The van der Waals surface area contributed by atoms with E-state index in [1.807, 2.05) is 6.07 Å². The fourth-order valence-corrected chi connectivity index (χ4v) is 2.48. The zero-order valence-electron chi connectivity index (χ0n) is 8.09. The highest BCUT2D eigenvalue weighted by Gasteiger charge is 2.30. The minimum atomic E-state index is 0.579. The Morgan fingerprint density at radius 1 is 1.53 bits per heavy atom. The van der Waals surface area contributed by atoms with Crippen LogP contribution < -0.4 is 4.90 Å². The van der Waals surface area contributed by atoms with Gasteiger partial charge in [0.1, 0.15) is 5.82 Å². The van der Waals surface area contributed by atoms with Crippen molar-refractivity contribution in [2.24, 2.45) is 0 Å². The third-order valence-electron chi connectivity index (χ3n) is 2.37. The number of hydrogen-bond donors (Lipinski definition) is 0. The van der Waals surface area contributed by atoms with Crippen LogP contribution >= 0.6 is 39.1 Å². The molecule has 82 valence electrons. The predicted molar refractivity (Wildman–Crippen MR) is 68.0 cm³/mol. The molecule has 1 aromatic rings. The van der Waals surface area contributed by atoms with Crippen LogP contribution in [0.25, 0.3) is 0 Å². The first-order valence-corrected chi connectivity index (χ1v) is 6.56. The first kappa shape index (κ1) is 11.5. The van der Waals surface area contributed by atoms with E-state index in [9.17, 15) is 0 Å². The lowest BCUT2D eigenvalue weighted by molar-refractivity contribution is 0.811. The number of pyridine rings is 1. The maximum Gasteiger partial charge on any atom is 0.147 e. The van der Waals surface area contributed by atoms with Crippen LogP contribution in [0.2, 0.25) is 5.02 Å². The summed E-state index contributed by atoms with van der Waals surface area (Å²) in [4.78, 5) is 6.54. The number of halogens is 3. The summed E-state index contributed by atoms with van der Waals surface area (Å²) in [7, 11) is 0. The maximum absolute atomic E-state index is 6.15. The molecule has 1 fully saturated rings. The van der Waals surface area contributed by atoms with Crippen molar-refractivity contribution in [3.63, 3.8) is 0 Å². The van der Waals surface area contributed by atoms with E-state index in [0.717, 1.165) is 16.8 Å². The monoisotopic (exact) mass is 308 g/mol. The Morgan fingerprint density at radius 2 is 2.27 bits per heavy atom. The molecule has 1 saturated carbocycles. The average molecular weight is 310 g/mol. The van der Waals surface area contributed by atoms with Gasteiger partial charge < -0.3 is 4.90 Å². The Hall–Kier alpha value is 0.01000. The van der Waals surface area contributed by atoms with Crippen LogP contribution in [0, 0.1) is 0 Å². The highest BCUT2D eigenvalue weighted by atomic mass is 79.9. The Bertz CT molecular complexity index is 355. The van der Waals surface area contributed by atoms with Gasteiger partial charge in [-0.05, 0) is 34.8 Å². The number of nitrogens with zero attached hydrogens (tertiary/aromatic N) is 2. The van der Waals surface area contributed by atoms with Gasteiger partial charge in [-0.15, -0.1) is 11.6 Å². The van der Waals surface area contributed by atoms with Crippen molar-refractivity contribution < 1.29 is 0 Å². The third-order valence-corrected chi connectivity index (χ3v) is 3.25. The van der Waals surface area contributed by atoms with Gasteiger partial charge in [0.2, 0.25) is 0 Å². The lowest BCUT2D eigenvalue weighted by Crippen LogP contribution is -2.28. The molecule has 15 heavy (non-hydrogen) atoms. The minimum absolute atomic E-state index is 0.579. The van der Waals surface area contributed by atoms with Gasteiger partial charge in [-0.1, -0.05) is 11.6 Å². The molecule has 0 bridgehead atoms. The maximum atomic E-state index is 6.15. The van der Waals surface area contributed by atoms with E-state index in [-0.39, 0.29) is 0 Å². The number of hydrogen-bond acceptors (Lipinski definition) is 2. The van der Waals surface area contributed by atoms with Crippen LogP contribution in [0.4, 0.5) is 5.82 Å².